The van der Waals surface area contributed by atoms with Gasteiger partial charge in [-0.25, -0.2) is 15.0 Å². The fraction of sp³-hybridized carbons (Fsp3) is 0.125. The molecule has 0 atom stereocenters. The largest absolute Gasteiger partial charge is 0.382 e. The first-order valence-electron chi connectivity index (χ1n) is 10.7. The lowest BCUT2D eigenvalue weighted by molar-refractivity contribution is 0.898. The normalized spacial score (nSPS) is 11.6. The Morgan fingerprint density at radius 1 is 1.06 bits per heavy atom. The van der Waals surface area contributed by atoms with Gasteiger partial charge in [0.2, 0.25) is 0 Å². The van der Waals surface area contributed by atoms with Gasteiger partial charge in [0, 0.05) is 40.6 Å². The van der Waals surface area contributed by atoms with Gasteiger partial charge < -0.3 is 10.3 Å². The molecule has 6 aromatic heterocycles. The summed E-state index contributed by atoms with van der Waals surface area (Å²) >= 11 is 7.67. The third-order valence-corrected chi connectivity index (χ3v) is 6.62. The highest BCUT2D eigenvalue weighted by atomic mass is 35.5. The van der Waals surface area contributed by atoms with E-state index in [1.54, 1.807) is 6.20 Å². The molecule has 0 bridgehead atoms. The van der Waals surface area contributed by atoms with E-state index in [1.807, 2.05) is 48.8 Å². The molecule has 0 unspecified atom stereocenters. The zero-order chi connectivity index (χ0) is 23.2. The van der Waals surface area contributed by atoms with E-state index in [1.165, 1.54) is 11.3 Å². The van der Waals surface area contributed by atoms with Crippen LogP contribution in [0.3, 0.4) is 0 Å². The third kappa shape index (κ3) is 3.68. The highest BCUT2D eigenvalue weighted by molar-refractivity contribution is 7.19. The SMILES string of the molecule is CC(C)Nc1cncc(-c2ccc3[nH]nc(-c4nc5nccc(-c6ccc(Cl)s6)c5[nH]4)c3n2)c1. The molecular weight excluding hydrogens is 468 g/mol. The van der Waals surface area contributed by atoms with Gasteiger partial charge in [0.15, 0.2) is 17.2 Å². The first kappa shape index (κ1) is 20.8. The summed E-state index contributed by atoms with van der Waals surface area (Å²) in [6.45, 7) is 4.19. The van der Waals surface area contributed by atoms with Crippen molar-refractivity contribution in [3.05, 3.63) is 59.3 Å². The minimum absolute atomic E-state index is 0.310. The van der Waals surface area contributed by atoms with Gasteiger partial charge in [0.1, 0.15) is 5.52 Å². The molecule has 34 heavy (non-hydrogen) atoms. The van der Waals surface area contributed by atoms with Gasteiger partial charge >= 0.3 is 0 Å². The molecule has 0 fully saturated rings. The maximum Gasteiger partial charge on any atom is 0.178 e. The van der Waals surface area contributed by atoms with E-state index in [4.69, 9.17) is 21.6 Å². The monoisotopic (exact) mass is 486 g/mol. The van der Waals surface area contributed by atoms with Gasteiger partial charge in [0.05, 0.1) is 26.8 Å². The van der Waals surface area contributed by atoms with Crippen LogP contribution in [-0.4, -0.2) is 41.2 Å². The van der Waals surface area contributed by atoms with E-state index in [9.17, 15) is 0 Å². The van der Waals surface area contributed by atoms with Crippen LogP contribution in [0.2, 0.25) is 4.34 Å². The Bertz CT molecular complexity index is 1650. The summed E-state index contributed by atoms with van der Waals surface area (Å²) in [6.07, 6.45) is 5.37. The molecule has 10 heteroatoms. The maximum absolute atomic E-state index is 6.16. The molecular formula is C24H19ClN8S. The second-order valence-electron chi connectivity index (χ2n) is 8.17. The number of thiophene rings is 1. The van der Waals surface area contributed by atoms with E-state index < -0.39 is 0 Å². The number of nitrogens with zero attached hydrogens (tertiary/aromatic N) is 5. The van der Waals surface area contributed by atoms with Gasteiger partial charge in [-0.05, 0) is 50.2 Å². The first-order chi connectivity index (χ1) is 16.5. The van der Waals surface area contributed by atoms with Crippen molar-refractivity contribution < 1.29 is 0 Å². The minimum Gasteiger partial charge on any atom is -0.382 e. The lowest BCUT2D eigenvalue weighted by Crippen LogP contribution is -2.09. The van der Waals surface area contributed by atoms with E-state index >= 15 is 0 Å². The van der Waals surface area contributed by atoms with Gasteiger partial charge in [-0.3, -0.25) is 10.1 Å². The Morgan fingerprint density at radius 2 is 1.97 bits per heavy atom. The quantitative estimate of drug-likeness (QED) is 0.269. The molecule has 0 aliphatic heterocycles. The fourth-order valence-corrected chi connectivity index (χ4v) is 4.98. The number of hydrogen-bond donors (Lipinski definition) is 3. The zero-order valence-corrected chi connectivity index (χ0v) is 19.9. The Kier molecular flexibility index (Phi) is 5.00. The molecule has 0 radical (unpaired) electrons. The molecule has 0 aromatic carbocycles. The van der Waals surface area contributed by atoms with Gasteiger partial charge in [0.25, 0.3) is 0 Å². The van der Waals surface area contributed by atoms with Crippen LogP contribution in [-0.2, 0) is 0 Å². The molecule has 8 nitrogen and oxygen atoms in total. The van der Waals surface area contributed by atoms with Crippen LogP contribution in [0.1, 0.15) is 13.8 Å². The Hall–Kier alpha value is -3.82. The summed E-state index contributed by atoms with van der Waals surface area (Å²) in [7, 11) is 0. The average molecular weight is 487 g/mol. The molecule has 168 valence electrons. The minimum atomic E-state index is 0.310. The molecule has 0 aliphatic rings. The number of aromatic amines is 2. The topological polar surface area (TPSA) is 108 Å². The van der Waals surface area contributed by atoms with Gasteiger partial charge in [-0.1, -0.05) is 11.6 Å². The predicted octanol–water partition coefficient (Wildman–Crippen LogP) is 6.16. The molecule has 6 rings (SSSR count). The molecule has 0 saturated carbocycles. The van der Waals surface area contributed by atoms with Crippen molar-refractivity contribution >= 4 is 50.8 Å². The van der Waals surface area contributed by atoms with Crippen LogP contribution in [0.25, 0.3) is 55.4 Å². The van der Waals surface area contributed by atoms with Crippen LogP contribution in [0.15, 0.2) is 55.0 Å². The van der Waals surface area contributed by atoms with Crippen molar-refractivity contribution in [2.45, 2.75) is 19.9 Å². The number of pyridine rings is 3. The number of H-pyrrole nitrogens is 2. The summed E-state index contributed by atoms with van der Waals surface area (Å²) < 4.78 is 0.733. The van der Waals surface area contributed by atoms with Crippen molar-refractivity contribution in [3.63, 3.8) is 0 Å². The Morgan fingerprint density at radius 3 is 2.79 bits per heavy atom. The third-order valence-electron chi connectivity index (χ3n) is 5.35. The van der Waals surface area contributed by atoms with Crippen molar-refractivity contribution in [2.24, 2.45) is 0 Å². The number of hydrogen-bond acceptors (Lipinski definition) is 7. The molecule has 3 N–H and O–H groups in total. The number of halogens is 1. The Balaban J connectivity index is 1.45. The van der Waals surface area contributed by atoms with Crippen LogP contribution in [0.4, 0.5) is 5.69 Å². The van der Waals surface area contributed by atoms with Crippen LogP contribution >= 0.6 is 22.9 Å². The first-order valence-corrected chi connectivity index (χ1v) is 11.9. The second kappa shape index (κ2) is 8.19. The van der Waals surface area contributed by atoms with Crippen molar-refractivity contribution in [1.29, 1.82) is 0 Å². The summed E-state index contributed by atoms with van der Waals surface area (Å²) in [5, 5.41) is 10.9. The molecule has 0 saturated heterocycles. The number of aromatic nitrogens is 7. The summed E-state index contributed by atoms with van der Waals surface area (Å²) in [6, 6.07) is 12.1. The maximum atomic E-state index is 6.16. The van der Waals surface area contributed by atoms with Crippen molar-refractivity contribution in [3.8, 4) is 33.2 Å². The van der Waals surface area contributed by atoms with Crippen molar-refractivity contribution in [1.82, 2.24) is 35.1 Å². The summed E-state index contributed by atoms with van der Waals surface area (Å²) in [5.74, 6) is 0.599. The number of rotatable bonds is 5. The van der Waals surface area contributed by atoms with E-state index in [2.05, 4.69) is 44.3 Å². The van der Waals surface area contributed by atoms with Crippen LogP contribution in [0, 0.1) is 0 Å². The van der Waals surface area contributed by atoms with E-state index in [0.29, 0.717) is 23.2 Å². The highest BCUT2D eigenvalue weighted by Crippen LogP contribution is 2.35. The predicted molar refractivity (Wildman–Crippen MR) is 137 cm³/mol. The van der Waals surface area contributed by atoms with Crippen LogP contribution in [0.5, 0.6) is 0 Å². The fourth-order valence-electron chi connectivity index (χ4n) is 3.90. The molecule has 0 amide bonds. The number of nitrogens with one attached hydrogen (secondary N) is 3. The van der Waals surface area contributed by atoms with Crippen molar-refractivity contribution in [2.75, 3.05) is 5.32 Å². The zero-order valence-electron chi connectivity index (χ0n) is 18.3. The number of imidazole rings is 1. The summed E-state index contributed by atoms with van der Waals surface area (Å²) in [5.41, 5.74) is 7.29. The van der Waals surface area contributed by atoms with Crippen LogP contribution < -0.4 is 5.32 Å². The number of fused-ring (bicyclic) bond motifs is 2. The average Bonchev–Trinajstić information content (AvgIpc) is 3.55. The van der Waals surface area contributed by atoms with E-state index in [0.717, 1.165) is 48.3 Å². The molecule has 6 aromatic rings. The summed E-state index contributed by atoms with van der Waals surface area (Å²) in [4.78, 5) is 22.9. The molecule has 6 heterocycles. The lowest BCUT2D eigenvalue weighted by atomic mass is 10.1. The number of anilines is 1. The Labute approximate surface area is 203 Å². The van der Waals surface area contributed by atoms with Gasteiger partial charge in [-0.15, -0.1) is 11.3 Å². The standard InChI is InChI=1S/C24H19ClN8S/c1-12(2)28-14-9-13(10-26-11-14)16-3-4-17-21(29-16)22(33-32-17)24-30-20-15(7-8-27-23(20)31-24)18-5-6-19(25)34-18/h3-12,28H,1-2H3,(H,32,33)(H,27,30,31). The molecule has 0 aliphatic carbocycles. The second-order valence-corrected chi connectivity index (χ2v) is 9.89. The molecule has 0 spiro atoms. The lowest BCUT2D eigenvalue weighted by Gasteiger charge is -2.10. The smallest absolute Gasteiger partial charge is 0.178 e. The highest BCUT2D eigenvalue weighted by Gasteiger charge is 2.18. The van der Waals surface area contributed by atoms with Gasteiger partial charge in [-0.2, -0.15) is 5.10 Å². The van der Waals surface area contributed by atoms with E-state index in [-0.39, 0.29) is 0 Å².